The minimum atomic E-state index is -0.505. The van der Waals surface area contributed by atoms with Gasteiger partial charge in [0.1, 0.15) is 0 Å². The third-order valence-electron chi connectivity index (χ3n) is 3.73. The lowest BCUT2D eigenvalue weighted by Gasteiger charge is -1.98. The van der Waals surface area contributed by atoms with Crippen LogP contribution < -0.4 is 0 Å². The zero-order chi connectivity index (χ0) is 14.8. The lowest BCUT2D eigenvalue weighted by atomic mass is 10.1. The third-order valence-corrected chi connectivity index (χ3v) is 3.73. The maximum atomic E-state index is 10.2. The Labute approximate surface area is 122 Å². The first-order valence-electron chi connectivity index (χ1n) is 6.87. The molecule has 1 aliphatic heterocycles. The van der Waals surface area contributed by atoms with Crippen molar-refractivity contribution in [3.63, 3.8) is 0 Å². The standard InChI is InChI=1S/C13H10.C4H5NO3/c1-3-7-12-10(5-1)9-11-6-2-4-8-13(11)12;6-3-1-2-4(7)5(3)8/h1-8H,9H2;8H,1-2H2. The van der Waals surface area contributed by atoms with Crippen LogP contribution in [0.25, 0.3) is 11.1 Å². The van der Waals surface area contributed by atoms with E-state index in [-0.39, 0.29) is 17.9 Å². The van der Waals surface area contributed by atoms with E-state index in [9.17, 15) is 9.59 Å². The van der Waals surface area contributed by atoms with Gasteiger partial charge in [-0.2, -0.15) is 5.06 Å². The van der Waals surface area contributed by atoms with Crippen molar-refractivity contribution in [1.29, 1.82) is 0 Å². The molecule has 4 rings (SSSR count). The topological polar surface area (TPSA) is 57.6 Å². The lowest BCUT2D eigenvalue weighted by Crippen LogP contribution is -2.24. The number of imide groups is 1. The van der Waals surface area contributed by atoms with E-state index in [1.807, 2.05) is 0 Å². The summed E-state index contributed by atoms with van der Waals surface area (Å²) in [4.78, 5) is 20.5. The molecule has 106 valence electrons. The van der Waals surface area contributed by atoms with Gasteiger partial charge in [0.25, 0.3) is 11.8 Å². The molecule has 2 aromatic carbocycles. The van der Waals surface area contributed by atoms with Crippen molar-refractivity contribution in [3.8, 4) is 11.1 Å². The monoisotopic (exact) mass is 281 g/mol. The highest BCUT2D eigenvalue weighted by atomic mass is 16.5. The molecule has 0 atom stereocenters. The Morgan fingerprint density at radius 2 is 1.19 bits per heavy atom. The van der Waals surface area contributed by atoms with Crippen molar-refractivity contribution in [2.75, 3.05) is 0 Å². The molecule has 2 amide bonds. The van der Waals surface area contributed by atoms with Gasteiger partial charge in [-0.1, -0.05) is 48.5 Å². The quantitative estimate of drug-likeness (QED) is 0.509. The highest BCUT2D eigenvalue weighted by Crippen LogP contribution is 2.35. The molecule has 0 radical (unpaired) electrons. The summed E-state index contributed by atoms with van der Waals surface area (Å²) in [6.07, 6.45) is 1.40. The Morgan fingerprint density at radius 3 is 1.57 bits per heavy atom. The Bertz CT molecular complexity index is 649. The summed E-state index contributed by atoms with van der Waals surface area (Å²) in [7, 11) is 0. The number of fused-ring (bicyclic) bond motifs is 3. The molecule has 1 N–H and O–H groups in total. The van der Waals surface area contributed by atoms with Gasteiger partial charge >= 0.3 is 0 Å². The predicted octanol–water partition coefficient (Wildman–Crippen LogP) is 2.78. The maximum absolute atomic E-state index is 10.2. The number of amides is 2. The summed E-state index contributed by atoms with van der Waals surface area (Å²) in [5.74, 6) is -1.01. The summed E-state index contributed by atoms with van der Waals surface area (Å²) in [5.41, 5.74) is 5.75. The van der Waals surface area contributed by atoms with Crippen molar-refractivity contribution >= 4 is 11.8 Å². The van der Waals surface area contributed by atoms with Gasteiger partial charge in [-0.05, 0) is 28.7 Å². The van der Waals surface area contributed by atoms with Crippen molar-refractivity contribution in [2.45, 2.75) is 19.3 Å². The first-order chi connectivity index (χ1) is 10.2. The minimum Gasteiger partial charge on any atom is -0.279 e. The van der Waals surface area contributed by atoms with E-state index < -0.39 is 11.8 Å². The third kappa shape index (κ3) is 2.58. The van der Waals surface area contributed by atoms with Crippen LogP contribution in [0, 0.1) is 0 Å². The summed E-state index contributed by atoms with van der Waals surface area (Å²) in [6, 6.07) is 17.3. The number of hydrogen-bond donors (Lipinski definition) is 1. The predicted molar refractivity (Wildman–Crippen MR) is 77.6 cm³/mol. The number of hydroxylamine groups is 2. The fourth-order valence-corrected chi connectivity index (χ4v) is 2.64. The molecule has 0 aromatic heterocycles. The molecule has 2 aromatic rings. The number of nitrogens with zero attached hydrogens (tertiary/aromatic N) is 1. The second-order valence-corrected chi connectivity index (χ2v) is 5.09. The molecular weight excluding hydrogens is 266 g/mol. The summed E-state index contributed by atoms with van der Waals surface area (Å²) in [6.45, 7) is 0. The average Bonchev–Trinajstić information content (AvgIpc) is 3.03. The van der Waals surface area contributed by atoms with E-state index in [0.29, 0.717) is 0 Å². The Hall–Kier alpha value is -2.46. The number of carbonyl (C=O) groups excluding carboxylic acids is 2. The van der Waals surface area contributed by atoms with Gasteiger partial charge in [0.05, 0.1) is 0 Å². The number of rotatable bonds is 0. The van der Waals surface area contributed by atoms with Crippen LogP contribution in [0.3, 0.4) is 0 Å². The SMILES string of the molecule is O=C1CCC(=O)N1O.c1ccc2c(c1)Cc1ccccc1-2. The van der Waals surface area contributed by atoms with E-state index in [4.69, 9.17) is 5.21 Å². The molecule has 4 nitrogen and oxygen atoms in total. The second kappa shape index (κ2) is 5.50. The minimum absolute atomic E-state index is 0.148. The van der Waals surface area contributed by atoms with Crippen LogP contribution in [0.15, 0.2) is 48.5 Å². The first-order valence-corrected chi connectivity index (χ1v) is 6.87. The summed E-state index contributed by atoms with van der Waals surface area (Å²) < 4.78 is 0. The molecule has 1 saturated heterocycles. The fourth-order valence-electron chi connectivity index (χ4n) is 2.64. The molecule has 1 heterocycles. The zero-order valence-corrected chi connectivity index (χ0v) is 11.5. The number of hydrogen-bond acceptors (Lipinski definition) is 3. The van der Waals surface area contributed by atoms with Crippen molar-refractivity contribution in [3.05, 3.63) is 59.7 Å². The molecular formula is C17H15NO3. The lowest BCUT2D eigenvalue weighted by molar-refractivity contribution is -0.171. The molecule has 21 heavy (non-hydrogen) atoms. The molecule has 0 unspecified atom stereocenters. The van der Waals surface area contributed by atoms with Gasteiger partial charge in [0.2, 0.25) is 0 Å². The molecule has 2 aliphatic rings. The number of benzene rings is 2. The van der Waals surface area contributed by atoms with Gasteiger partial charge in [0, 0.05) is 12.8 Å². The normalized spacial score (nSPS) is 15.4. The van der Waals surface area contributed by atoms with E-state index in [1.165, 1.54) is 22.3 Å². The van der Waals surface area contributed by atoms with E-state index in [1.54, 1.807) is 0 Å². The first kappa shape index (κ1) is 13.5. The largest absolute Gasteiger partial charge is 0.279 e. The van der Waals surface area contributed by atoms with Crippen LogP contribution >= 0.6 is 0 Å². The molecule has 0 bridgehead atoms. The van der Waals surface area contributed by atoms with Crippen molar-refractivity contribution < 1.29 is 14.8 Å². The second-order valence-electron chi connectivity index (χ2n) is 5.09. The molecule has 1 fully saturated rings. The van der Waals surface area contributed by atoms with Crippen LogP contribution in [0.2, 0.25) is 0 Å². The number of carbonyl (C=O) groups is 2. The van der Waals surface area contributed by atoms with E-state index >= 15 is 0 Å². The zero-order valence-electron chi connectivity index (χ0n) is 11.5. The van der Waals surface area contributed by atoms with Crippen LogP contribution in [-0.2, 0) is 16.0 Å². The summed E-state index contributed by atoms with van der Waals surface area (Å²) in [5, 5.41) is 8.57. The Kier molecular flexibility index (Phi) is 3.54. The maximum Gasteiger partial charge on any atom is 0.253 e. The fraction of sp³-hybridized carbons (Fsp3) is 0.176. The molecule has 0 spiro atoms. The average molecular weight is 281 g/mol. The Balaban J connectivity index is 0.000000143. The Morgan fingerprint density at radius 1 is 0.762 bits per heavy atom. The van der Waals surface area contributed by atoms with Gasteiger partial charge in [-0.3, -0.25) is 14.8 Å². The van der Waals surface area contributed by atoms with Crippen LogP contribution in [0.1, 0.15) is 24.0 Å². The highest BCUT2D eigenvalue weighted by Gasteiger charge is 2.26. The van der Waals surface area contributed by atoms with Gasteiger partial charge < -0.3 is 0 Å². The van der Waals surface area contributed by atoms with Gasteiger partial charge in [-0.25, -0.2) is 0 Å². The van der Waals surface area contributed by atoms with Crippen molar-refractivity contribution in [2.24, 2.45) is 0 Å². The smallest absolute Gasteiger partial charge is 0.253 e. The molecule has 0 saturated carbocycles. The van der Waals surface area contributed by atoms with Crippen LogP contribution in [0.5, 0.6) is 0 Å². The molecule has 4 heteroatoms. The molecule has 1 aliphatic carbocycles. The van der Waals surface area contributed by atoms with E-state index in [0.717, 1.165) is 6.42 Å². The van der Waals surface area contributed by atoms with Crippen LogP contribution in [0.4, 0.5) is 0 Å². The van der Waals surface area contributed by atoms with E-state index in [2.05, 4.69) is 48.5 Å². The van der Waals surface area contributed by atoms with Crippen LogP contribution in [-0.4, -0.2) is 22.1 Å². The highest BCUT2D eigenvalue weighted by molar-refractivity contribution is 6.00. The summed E-state index contributed by atoms with van der Waals surface area (Å²) >= 11 is 0. The van der Waals surface area contributed by atoms with Crippen molar-refractivity contribution in [1.82, 2.24) is 5.06 Å². The van der Waals surface area contributed by atoms with Gasteiger partial charge in [0.15, 0.2) is 0 Å². The van der Waals surface area contributed by atoms with Gasteiger partial charge in [-0.15, -0.1) is 0 Å².